The third-order valence-corrected chi connectivity index (χ3v) is 19.8. The molecule has 2 aromatic carbocycles. The molecule has 0 aliphatic carbocycles. The predicted molar refractivity (Wildman–Crippen MR) is 371 cm³/mol. The maximum absolute atomic E-state index is 14.7. The van der Waals surface area contributed by atoms with E-state index >= 15 is 0 Å². The molecule has 1 unspecified atom stereocenters. The molecule has 23 heteroatoms. The third-order valence-electron chi connectivity index (χ3n) is 19.8. The molecule has 0 aromatic heterocycles. The lowest BCUT2D eigenvalue weighted by Crippen LogP contribution is -2.54. The second kappa shape index (κ2) is 39.9. The molecular weight excluding hydrogens is 1220 g/mol. The number of nitrogens with one attached hydrogen (secondary N) is 4. The van der Waals surface area contributed by atoms with Crippen LogP contribution in [0, 0.1) is 53.3 Å². The van der Waals surface area contributed by atoms with Gasteiger partial charge in [0.05, 0.1) is 42.8 Å². The first-order valence-corrected chi connectivity index (χ1v) is 34.8. The first-order valence-electron chi connectivity index (χ1n) is 34.8. The average Bonchev–Trinajstić information content (AvgIpc) is 1.49. The van der Waals surface area contributed by atoms with Crippen molar-refractivity contribution < 1.29 is 62.2 Å². The number of rotatable bonds is 40. The SMILES string of the molecule is CC[C@H](C)C([C@@H](CC(=O)N1CCC[C@H]1[C@H](OC)[C@@H](C)C(=O)C[C@@H](Cc1ccccc1)C(=O)N(C)Cc1ccc(NC(=O)[C@H](CCCNC(N)=O)CC(=O)[C@@H](NC(=O)CCC(=O)N2CCC(C(=O)NC)CC2)C(C)C)cc1)OC)N(C)C(=O)[C@@H](CC(=O)[C@H](C(C)C)N(C)C)C(C)C. The second-order valence-electron chi connectivity index (χ2n) is 28.1. The summed E-state index contributed by atoms with van der Waals surface area (Å²) in [6, 6.07) is 13.5. The highest BCUT2D eigenvalue weighted by molar-refractivity contribution is 5.98. The number of hydrogen-bond acceptors (Lipinski definition) is 14. The van der Waals surface area contributed by atoms with Crippen LogP contribution < -0.4 is 27.0 Å². The molecule has 2 saturated heterocycles. The number of ketones is 3. The molecule has 536 valence electrons. The summed E-state index contributed by atoms with van der Waals surface area (Å²) in [6.45, 7) is 19.0. The molecule has 2 aliphatic heterocycles. The van der Waals surface area contributed by atoms with Crippen LogP contribution in [0.1, 0.15) is 157 Å². The van der Waals surface area contributed by atoms with Crippen molar-refractivity contribution in [3.05, 3.63) is 65.7 Å². The molecule has 23 nitrogen and oxygen atoms in total. The zero-order valence-electron chi connectivity index (χ0n) is 60.4. The van der Waals surface area contributed by atoms with Gasteiger partial charge in [0.15, 0.2) is 11.6 Å². The number of ether oxygens (including phenoxy) is 2. The fourth-order valence-electron chi connectivity index (χ4n) is 14.1. The Hall–Kier alpha value is -7.11. The van der Waals surface area contributed by atoms with Crippen molar-refractivity contribution in [2.75, 3.05) is 81.0 Å². The molecule has 0 bridgehead atoms. The number of likely N-dealkylation sites (N-methyl/N-ethyl adjacent to an activating group) is 2. The second-order valence-corrected chi connectivity index (χ2v) is 28.1. The van der Waals surface area contributed by atoms with Crippen LogP contribution in [0.2, 0.25) is 0 Å². The molecule has 2 heterocycles. The number of piperidine rings is 1. The number of urea groups is 1. The van der Waals surface area contributed by atoms with Crippen LogP contribution in [0.25, 0.3) is 0 Å². The molecule has 6 N–H and O–H groups in total. The summed E-state index contributed by atoms with van der Waals surface area (Å²) >= 11 is 0. The lowest BCUT2D eigenvalue weighted by molar-refractivity contribution is -0.149. The van der Waals surface area contributed by atoms with Crippen molar-refractivity contribution in [2.24, 2.45) is 59.0 Å². The van der Waals surface area contributed by atoms with Crippen molar-refractivity contribution in [3.8, 4) is 0 Å². The van der Waals surface area contributed by atoms with E-state index in [1.165, 1.54) is 0 Å². The molecule has 2 aliphatic rings. The van der Waals surface area contributed by atoms with Gasteiger partial charge in [-0.05, 0) is 106 Å². The fourth-order valence-corrected chi connectivity index (χ4v) is 14.1. The minimum absolute atomic E-state index is 0.0135. The van der Waals surface area contributed by atoms with Crippen LogP contribution in [0.3, 0.4) is 0 Å². The summed E-state index contributed by atoms with van der Waals surface area (Å²) in [4.78, 5) is 159. The maximum atomic E-state index is 14.7. The van der Waals surface area contributed by atoms with E-state index in [1.54, 1.807) is 100.0 Å². The summed E-state index contributed by atoms with van der Waals surface area (Å²) in [6.07, 6.45) is 1.99. The monoisotopic (exact) mass is 1340 g/mol. The number of hydrogen-bond donors (Lipinski definition) is 5. The minimum atomic E-state index is -0.949. The number of nitrogens with two attached hydrogens (primary N) is 1. The number of carbonyl (C=O) groups is 11. The summed E-state index contributed by atoms with van der Waals surface area (Å²) < 4.78 is 12.3. The normalized spacial score (nSPS) is 17.5. The Morgan fingerprint density at radius 2 is 1.31 bits per heavy atom. The molecule has 96 heavy (non-hydrogen) atoms. The van der Waals surface area contributed by atoms with E-state index in [4.69, 9.17) is 15.2 Å². The summed E-state index contributed by atoms with van der Waals surface area (Å²) in [5, 5.41) is 10.9. The molecule has 4 rings (SSSR count). The van der Waals surface area contributed by atoms with E-state index < -0.39 is 71.9 Å². The first-order chi connectivity index (χ1) is 45.4. The molecular formula is C73H116N10O13. The topological polar surface area (TPSA) is 297 Å². The Labute approximate surface area is 571 Å². The Morgan fingerprint density at radius 3 is 1.86 bits per heavy atom. The molecule has 11 atom stereocenters. The van der Waals surface area contributed by atoms with Crippen LogP contribution in [0.4, 0.5) is 10.5 Å². The Balaban J connectivity index is 1.45. The number of anilines is 1. The Morgan fingerprint density at radius 1 is 0.677 bits per heavy atom. The highest BCUT2D eigenvalue weighted by Crippen LogP contribution is 2.33. The van der Waals surface area contributed by atoms with Crippen molar-refractivity contribution in [1.29, 1.82) is 0 Å². The molecule has 2 fully saturated rings. The summed E-state index contributed by atoms with van der Waals surface area (Å²) in [5.41, 5.74) is 7.33. The highest BCUT2D eigenvalue weighted by Gasteiger charge is 2.44. The van der Waals surface area contributed by atoms with E-state index in [9.17, 15) is 52.7 Å². The van der Waals surface area contributed by atoms with Crippen LogP contribution in [0.15, 0.2) is 54.6 Å². The average molecular weight is 1340 g/mol. The summed E-state index contributed by atoms with van der Waals surface area (Å²) in [7, 11) is 11.9. The van der Waals surface area contributed by atoms with Crippen molar-refractivity contribution >= 4 is 70.4 Å². The van der Waals surface area contributed by atoms with Crippen LogP contribution >= 0.6 is 0 Å². The minimum Gasteiger partial charge on any atom is -0.379 e. The largest absolute Gasteiger partial charge is 0.379 e. The summed E-state index contributed by atoms with van der Waals surface area (Å²) in [5.74, 6) is -5.92. The smallest absolute Gasteiger partial charge is 0.312 e. The Kier molecular flexibility index (Phi) is 33.8. The van der Waals surface area contributed by atoms with Gasteiger partial charge in [-0.15, -0.1) is 0 Å². The number of benzene rings is 2. The third kappa shape index (κ3) is 24.2. The number of Topliss-reactive ketones (excluding diaryl/α,β-unsaturated/α-hetero) is 3. The predicted octanol–water partition coefficient (Wildman–Crippen LogP) is 7.07. The standard InChI is InChI=1S/C73H116N10O13/c1-17-48(8)67(81(14)72(93)56(45(2)3)42-60(86)66(47(6)7)79(11)12)61(95-15)43-64(89)83-36-22-26-57(83)68(96-16)49(9)58(84)41-54(39-50-23-19-18-20-24-50)71(92)80(13)44-51-27-29-55(30-28-51)77-70(91)53(25-21-35-76-73(74)94)40-59(85)65(46(4)5)78-62(87)31-32-63(88)82-37-33-52(34-38-82)69(90)75-10/h18-20,23-24,27-30,45-49,52-54,56-57,61,65-68H,17,21-22,25-26,31-44H2,1-16H3,(H,75,90)(H,77,91)(H,78,87)(H3,74,76,94)/t48-,49-,53+,54+,56-,57-,61+,65-,66-,67?,68+/m0/s1. The Bertz CT molecular complexity index is 2870. The van der Waals surface area contributed by atoms with Crippen molar-refractivity contribution in [3.63, 3.8) is 0 Å². The molecule has 0 radical (unpaired) electrons. The number of methoxy groups -OCH3 is 2. The molecule has 9 amide bonds. The van der Waals surface area contributed by atoms with E-state index in [1.807, 2.05) is 90.9 Å². The zero-order chi connectivity index (χ0) is 71.7. The number of amides is 9. The fraction of sp³-hybridized carbons (Fsp3) is 0.685. The van der Waals surface area contributed by atoms with Crippen molar-refractivity contribution in [2.45, 2.75) is 195 Å². The van der Waals surface area contributed by atoms with Gasteiger partial charge in [-0.1, -0.05) is 111 Å². The molecule has 0 spiro atoms. The van der Waals surface area contributed by atoms with Crippen LogP contribution in [0.5, 0.6) is 0 Å². The van der Waals surface area contributed by atoms with Crippen LogP contribution in [-0.2, 0) is 70.4 Å². The van der Waals surface area contributed by atoms with Gasteiger partial charge in [-0.2, -0.15) is 0 Å². The van der Waals surface area contributed by atoms with E-state index in [-0.39, 0.29) is 147 Å². The molecule has 2 aromatic rings. The lowest BCUT2D eigenvalue weighted by atomic mass is 9.83. The zero-order valence-corrected chi connectivity index (χ0v) is 60.4. The van der Waals surface area contributed by atoms with Gasteiger partial charge in [0.1, 0.15) is 5.78 Å². The quantitative estimate of drug-likeness (QED) is 0.0417. The van der Waals surface area contributed by atoms with E-state index in [2.05, 4.69) is 21.3 Å². The van der Waals surface area contributed by atoms with Gasteiger partial charge in [0, 0.05) is 135 Å². The van der Waals surface area contributed by atoms with Gasteiger partial charge < -0.3 is 56.1 Å². The van der Waals surface area contributed by atoms with Gasteiger partial charge in [-0.25, -0.2) is 4.79 Å². The number of carbonyl (C=O) groups excluding carboxylic acids is 11. The van der Waals surface area contributed by atoms with Crippen molar-refractivity contribution in [1.82, 2.24) is 40.4 Å². The van der Waals surface area contributed by atoms with Gasteiger partial charge in [-0.3, -0.25) is 52.8 Å². The van der Waals surface area contributed by atoms with E-state index in [0.29, 0.717) is 63.8 Å². The van der Waals surface area contributed by atoms with Crippen LogP contribution in [-0.4, -0.2) is 201 Å². The highest BCUT2D eigenvalue weighted by atomic mass is 16.5. The van der Waals surface area contributed by atoms with Gasteiger partial charge in [0.2, 0.25) is 41.4 Å². The number of likely N-dealkylation sites (tertiary alicyclic amines) is 2. The first kappa shape index (κ1) is 81.3. The number of primary amides is 1. The lowest BCUT2D eigenvalue weighted by Gasteiger charge is -2.41. The molecule has 0 saturated carbocycles. The number of nitrogens with zero attached hydrogens (tertiary/aromatic N) is 5. The maximum Gasteiger partial charge on any atom is 0.312 e. The van der Waals surface area contributed by atoms with Gasteiger partial charge in [0.25, 0.3) is 0 Å². The van der Waals surface area contributed by atoms with Gasteiger partial charge >= 0.3 is 6.03 Å². The van der Waals surface area contributed by atoms with E-state index in [0.717, 1.165) is 11.1 Å².